The number of rotatable bonds is 9. The molecule has 0 saturated heterocycles. The van der Waals surface area contributed by atoms with Gasteiger partial charge >= 0.3 is 12.1 Å². The van der Waals surface area contributed by atoms with Crippen LogP contribution in [-0.4, -0.2) is 17.7 Å². The van der Waals surface area contributed by atoms with Gasteiger partial charge in [-0.3, -0.25) is 0 Å². The van der Waals surface area contributed by atoms with E-state index < -0.39 is 12.1 Å². The van der Waals surface area contributed by atoms with E-state index in [4.69, 9.17) is 19.8 Å². The molecule has 0 aliphatic heterocycles. The monoisotopic (exact) mass is 373 g/mol. The summed E-state index contributed by atoms with van der Waals surface area (Å²) in [5, 5.41) is 17.0. The van der Waals surface area contributed by atoms with Crippen LogP contribution in [-0.2, 0) is 10.9 Å². The molecule has 0 saturated carbocycles. The second-order valence-electron chi connectivity index (χ2n) is 5.49. The van der Waals surface area contributed by atoms with Gasteiger partial charge in [0.15, 0.2) is 0 Å². The van der Waals surface area contributed by atoms with Crippen molar-refractivity contribution in [3.63, 3.8) is 0 Å². The molecule has 140 valence electrons. The molecule has 7 heteroatoms. The quantitative estimate of drug-likeness (QED) is 0.513. The molecule has 0 aliphatic rings. The number of aliphatic carboxylic acids is 1. The zero-order valence-electron chi connectivity index (χ0n) is 14.3. The topological polar surface area (TPSA) is 79.5 Å². The van der Waals surface area contributed by atoms with E-state index >= 15 is 0 Å². The maximum atomic E-state index is 14.3. The molecular weight excluding hydrogens is 356 g/mol. The van der Waals surface area contributed by atoms with Crippen LogP contribution in [0.25, 0.3) is 6.08 Å². The van der Waals surface area contributed by atoms with Gasteiger partial charge < -0.3 is 14.6 Å². The van der Waals surface area contributed by atoms with E-state index in [0.29, 0.717) is 30.8 Å². The number of hydrogen-bond donors (Lipinski definition) is 1. The van der Waals surface area contributed by atoms with Gasteiger partial charge in [-0.05, 0) is 54.5 Å². The van der Waals surface area contributed by atoms with Gasteiger partial charge in [-0.15, -0.1) is 0 Å². The van der Waals surface area contributed by atoms with Crippen LogP contribution in [0, 0.1) is 11.3 Å². The van der Waals surface area contributed by atoms with E-state index in [1.807, 2.05) is 6.07 Å². The number of nitrogens with zero attached hydrogens (tertiary/aromatic N) is 1. The molecule has 0 fully saturated rings. The van der Waals surface area contributed by atoms with E-state index in [9.17, 15) is 13.6 Å². The van der Waals surface area contributed by atoms with Crippen molar-refractivity contribution in [2.75, 3.05) is 6.61 Å². The Morgan fingerprint density at radius 1 is 1.11 bits per heavy atom. The molecule has 0 aromatic heterocycles. The molecule has 0 unspecified atom stereocenters. The zero-order valence-corrected chi connectivity index (χ0v) is 14.3. The van der Waals surface area contributed by atoms with Gasteiger partial charge in [-0.2, -0.15) is 14.0 Å². The first-order chi connectivity index (χ1) is 12.9. The first-order valence-corrected chi connectivity index (χ1v) is 8.09. The highest BCUT2D eigenvalue weighted by molar-refractivity contribution is 5.85. The molecule has 0 amide bonds. The Bertz CT molecular complexity index is 825. The van der Waals surface area contributed by atoms with Crippen LogP contribution in [0.1, 0.15) is 24.0 Å². The molecule has 0 heterocycles. The SMILES string of the molecule is N#CCCCOc1ccc(C(F)(F)Oc2ccc(/C=C/C(=O)O)cc2)cc1. The number of carboxylic acids is 1. The van der Waals surface area contributed by atoms with Crippen LogP contribution in [0.15, 0.2) is 54.6 Å². The fourth-order valence-corrected chi connectivity index (χ4v) is 2.11. The Morgan fingerprint density at radius 3 is 2.33 bits per heavy atom. The van der Waals surface area contributed by atoms with Gasteiger partial charge in [-0.25, -0.2) is 4.79 Å². The van der Waals surface area contributed by atoms with E-state index in [-0.39, 0.29) is 11.3 Å². The predicted molar refractivity (Wildman–Crippen MR) is 94.4 cm³/mol. The maximum Gasteiger partial charge on any atom is 0.426 e. The zero-order chi connectivity index (χ0) is 19.7. The number of carbonyl (C=O) groups is 1. The molecule has 0 spiro atoms. The van der Waals surface area contributed by atoms with Crippen LogP contribution in [0.3, 0.4) is 0 Å². The Balaban J connectivity index is 1.99. The molecule has 27 heavy (non-hydrogen) atoms. The highest BCUT2D eigenvalue weighted by Crippen LogP contribution is 2.32. The average molecular weight is 373 g/mol. The van der Waals surface area contributed by atoms with Crippen molar-refractivity contribution in [1.29, 1.82) is 5.26 Å². The third kappa shape index (κ3) is 6.44. The highest BCUT2D eigenvalue weighted by atomic mass is 19.3. The Hall–Kier alpha value is -3.40. The van der Waals surface area contributed by atoms with Crippen molar-refractivity contribution in [2.24, 2.45) is 0 Å². The van der Waals surface area contributed by atoms with Gasteiger partial charge in [0.1, 0.15) is 11.5 Å². The molecule has 1 N–H and O–H groups in total. The largest absolute Gasteiger partial charge is 0.494 e. The van der Waals surface area contributed by atoms with Crippen LogP contribution in [0.5, 0.6) is 11.5 Å². The van der Waals surface area contributed by atoms with E-state index in [1.54, 1.807) is 0 Å². The van der Waals surface area contributed by atoms with E-state index in [0.717, 1.165) is 6.08 Å². The van der Waals surface area contributed by atoms with Crippen molar-refractivity contribution in [1.82, 2.24) is 0 Å². The fourth-order valence-electron chi connectivity index (χ4n) is 2.11. The molecule has 0 aliphatic carbocycles. The average Bonchev–Trinajstić information content (AvgIpc) is 2.65. The third-order valence-corrected chi connectivity index (χ3v) is 3.44. The van der Waals surface area contributed by atoms with Gasteiger partial charge in [-0.1, -0.05) is 12.1 Å². The lowest BCUT2D eigenvalue weighted by Crippen LogP contribution is -2.21. The lowest BCUT2D eigenvalue weighted by Gasteiger charge is -2.18. The Kier molecular flexibility index (Phi) is 6.89. The summed E-state index contributed by atoms with van der Waals surface area (Å²) >= 11 is 0. The Morgan fingerprint density at radius 2 is 1.74 bits per heavy atom. The number of unbranched alkanes of at least 4 members (excludes halogenated alkanes) is 1. The molecular formula is C20H17F2NO4. The summed E-state index contributed by atoms with van der Waals surface area (Å²) in [6.07, 6.45) is -0.310. The summed E-state index contributed by atoms with van der Waals surface area (Å²) in [6, 6.07) is 12.9. The molecule has 2 aromatic carbocycles. The molecule has 5 nitrogen and oxygen atoms in total. The van der Waals surface area contributed by atoms with Gasteiger partial charge in [0.2, 0.25) is 0 Å². The minimum absolute atomic E-state index is 0.0516. The number of benzene rings is 2. The summed E-state index contributed by atoms with van der Waals surface area (Å²) in [5.74, 6) is -0.717. The normalized spacial score (nSPS) is 11.1. The van der Waals surface area contributed by atoms with Crippen LogP contribution in [0.2, 0.25) is 0 Å². The highest BCUT2D eigenvalue weighted by Gasteiger charge is 2.34. The number of carboxylic acid groups (broad SMARTS) is 1. The number of nitriles is 1. The second-order valence-corrected chi connectivity index (χ2v) is 5.49. The van der Waals surface area contributed by atoms with Crippen molar-refractivity contribution in [3.8, 4) is 17.6 Å². The first-order valence-electron chi connectivity index (χ1n) is 8.09. The Labute approximate surface area is 155 Å². The smallest absolute Gasteiger partial charge is 0.426 e. The van der Waals surface area contributed by atoms with E-state index in [2.05, 4.69) is 0 Å². The summed E-state index contributed by atoms with van der Waals surface area (Å²) < 4.78 is 38.7. The van der Waals surface area contributed by atoms with Gasteiger partial charge in [0.05, 0.1) is 18.2 Å². The fraction of sp³-hybridized carbons (Fsp3) is 0.200. The van der Waals surface area contributed by atoms with E-state index in [1.165, 1.54) is 54.6 Å². The molecule has 0 bridgehead atoms. The lowest BCUT2D eigenvalue weighted by atomic mass is 10.2. The van der Waals surface area contributed by atoms with Gasteiger partial charge in [0.25, 0.3) is 0 Å². The summed E-state index contributed by atoms with van der Waals surface area (Å²) in [6.45, 7) is 0.336. The van der Waals surface area contributed by atoms with Crippen molar-refractivity contribution < 1.29 is 28.2 Å². The van der Waals surface area contributed by atoms with Crippen molar-refractivity contribution >= 4 is 12.0 Å². The molecule has 2 rings (SSSR count). The standard InChI is InChI=1S/C20H17F2NO4/c21-20(22,16-6-10-17(11-7-16)26-14-2-1-13-23)27-18-8-3-15(4-9-18)5-12-19(24)25/h3-12H,1-2,14H2,(H,24,25)/b12-5+. The summed E-state index contributed by atoms with van der Waals surface area (Å²) in [5.41, 5.74) is 0.215. The number of alkyl halides is 2. The molecule has 0 atom stereocenters. The van der Waals surface area contributed by atoms with Crippen LogP contribution < -0.4 is 9.47 Å². The second kappa shape index (κ2) is 9.34. The predicted octanol–water partition coefficient (Wildman–Crippen LogP) is 4.60. The van der Waals surface area contributed by atoms with Crippen LogP contribution in [0.4, 0.5) is 8.78 Å². The summed E-state index contributed by atoms with van der Waals surface area (Å²) in [7, 11) is 0. The van der Waals surface area contributed by atoms with Crippen molar-refractivity contribution in [3.05, 3.63) is 65.7 Å². The minimum atomic E-state index is -3.54. The van der Waals surface area contributed by atoms with Crippen LogP contribution >= 0.6 is 0 Å². The van der Waals surface area contributed by atoms with Gasteiger partial charge in [0, 0.05) is 12.5 Å². The molecule has 0 radical (unpaired) electrons. The number of ether oxygens (including phenoxy) is 2. The maximum absolute atomic E-state index is 14.3. The lowest BCUT2D eigenvalue weighted by molar-refractivity contribution is -0.185. The first kappa shape index (κ1) is 19.9. The summed E-state index contributed by atoms with van der Waals surface area (Å²) in [4.78, 5) is 10.5. The van der Waals surface area contributed by atoms with Crippen molar-refractivity contribution in [2.45, 2.75) is 19.0 Å². The number of hydrogen-bond acceptors (Lipinski definition) is 4. The molecule has 2 aromatic rings. The minimum Gasteiger partial charge on any atom is -0.494 e. The third-order valence-electron chi connectivity index (χ3n) is 3.44. The number of halogens is 2.